The standard InChI is InChI=1S/C22H24N2O5S2/c1-4-24-18-11-8-16(21(26)29-5-2)14-19(18)30-22(24)23-20(25)12-13-31(27,28)17-9-6-15(3)7-10-17/h6-11,14H,4-5,12-13H2,1-3H3. The molecule has 0 atom stereocenters. The van der Waals surface area contributed by atoms with Gasteiger partial charge in [-0.15, -0.1) is 0 Å². The van der Waals surface area contributed by atoms with Crippen molar-refractivity contribution in [2.75, 3.05) is 12.4 Å². The molecule has 0 aliphatic rings. The molecular formula is C22H24N2O5S2. The normalized spacial score (nSPS) is 12.3. The second-order valence-electron chi connectivity index (χ2n) is 6.92. The van der Waals surface area contributed by atoms with E-state index >= 15 is 0 Å². The van der Waals surface area contributed by atoms with Crippen LogP contribution in [-0.4, -0.2) is 37.2 Å². The highest BCUT2D eigenvalue weighted by atomic mass is 32.2. The zero-order valence-electron chi connectivity index (χ0n) is 17.6. The highest BCUT2D eigenvalue weighted by molar-refractivity contribution is 7.91. The van der Waals surface area contributed by atoms with Gasteiger partial charge >= 0.3 is 5.97 Å². The van der Waals surface area contributed by atoms with Crippen molar-refractivity contribution in [2.45, 2.75) is 38.6 Å². The summed E-state index contributed by atoms with van der Waals surface area (Å²) < 4.78 is 32.7. The van der Waals surface area contributed by atoms with Crippen molar-refractivity contribution in [3.05, 3.63) is 58.4 Å². The molecule has 0 radical (unpaired) electrons. The van der Waals surface area contributed by atoms with Gasteiger partial charge in [-0.25, -0.2) is 13.2 Å². The number of aryl methyl sites for hydroxylation is 2. The van der Waals surface area contributed by atoms with E-state index in [4.69, 9.17) is 4.74 Å². The number of ether oxygens (including phenoxy) is 1. The van der Waals surface area contributed by atoms with Crippen LogP contribution in [0.15, 0.2) is 52.4 Å². The molecular weight excluding hydrogens is 436 g/mol. The second kappa shape index (κ2) is 9.57. The summed E-state index contributed by atoms with van der Waals surface area (Å²) in [7, 11) is -3.56. The fraction of sp³-hybridized carbons (Fsp3) is 0.318. The van der Waals surface area contributed by atoms with Crippen molar-refractivity contribution in [3.8, 4) is 0 Å². The van der Waals surface area contributed by atoms with Crippen molar-refractivity contribution in [1.29, 1.82) is 0 Å². The van der Waals surface area contributed by atoms with Crippen LogP contribution in [-0.2, 0) is 25.9 Å². The lowest BCUT2D eigenvalue weighted by molar-refractivity contribution is -0.117. The molecule has 0 saturated heterocycles. The Kier molecular flexibility index (Phi) is 7.07. The van der Waals surface area contributed by atoms with Crippen LogP contribution in [0.1, 0.15) is 36.2 Å². The monoisotopic (exact) mass is 460 g/mol. The molecule has 1 aromatic heterocycles. The SMILES string of the molecule is CCOC(=O)c1ccc2c(c1)sc(=NC(=O)CCS(=O)(=O)c1ccc(C)cc1)n2CC. The first-order chi connectivity index (χ1) is 14.7. The first-order valence-corrected chi connectivity index (χ1v) is 12.4. The maximum Gasteiger partial charge on any atom is 0.338 e. The zero-order valence-corrected chi connectivity index (χ0v) is 19.3. The third-order valence-electron chi connectivity index (χ3n) is 4.70. The van der Waals surface area contributed by atoms with Gasteiger partial charge in [0.1, 0.15) is 0 Å². The zero-order chi connectivity index (χ0) is 22.6. The van der Waals surface area contributed by atoms with Gasteiger partial charge in [-0.1, -0.05) is 29.0 Å². The number of esters is 1. The molecule has 1 heterocycles. The van der Waals surface area contributed by atoms with E-state index in [-0.39, 0.29) is 23.7 Å². The van der Waals surface area contributed by atoms with E-state index in [9.17, 15) is 18.0 Å². The molecule has 3 rings (SSSR count). The Bertz CT molecular complexity index is 1290. The number of carbonyl (C=O) groups excluding carboxylic acids is 2. The minimum atomic E-state index is -3.56. The molecule has 0 saturated carbocycles. The molecule has 3 aromatic rings. The van der Waals surface area contributed by atoms with E-state index < -0.39 is 21.7 Å². The summed E-state index contributed by atoms with van der Waals surface area (Å²) >= 11 is 1.28. The number of thiazole rings is 1. The number of rotatable bonds is 7. The van der Waals surface area contributed by atoms with Crippen LogP contribution < -0.4 is 4.80 Å². The van der Waals surface area contributed by atoms with Gasteiger partial charge in [-0.05, 0) is 51.1 Å². The van der Waals surface area contributed by atoms with Crippen molar-refractivity contribution in [1.82, 2.24) is 4.57 Å². The largest absolute Gasteiger partial charge is 0.462 e. The average Bonchev–Trinajstić information content (AvgIpc) is 3.08. The first-order valence-electron chi connectivity index (χ1n) is 9.92. The smallest absolute Gasteiger partial charge is 0.338 e. The van der Waals surface area contributed by atoms with Gasteiger partial charge in [0, 0.05) is 13.0 Å². The fourth-order valence-corrected chi connectivity index (χ4v) is 5.43. The number of amides is 1. The van der Waals surface area contributed by atoms with E-state index in [1.165, 1.54) is 11.3 Å². The molecule has 0 N–H and O–H groups in total. The number of hydrogen-bond acceptors (Lipinski definition) is 6. The predicted octanol–water partition coefficient (Wildman–Crippen LogP) is 3.50. The van der Waals surface area contributed by atoms with Crippen molar-refractivity contribution in [2.24, 2.45) is 4.99 Å². The third kappa shape index (κ3) is 5.29. The molecule has 0 aliphatic heterocycles. The Labute approximate surface area is 184 Å². The molecule has 9 heteroatoms. The molecule has 0 unspecified atom stereocenters. The minimum Gasteiger partial charge on any atom is -0.462 e. The van der Waals surface area contributed by atoms with Crippen LogP contribution >= 0.6 is 11.3 Å². The summed E-state index contributed by atoms with van der Waals surface area (Å²) in [6.45, 7) is 6.41. The number of aromatic nitrogens is 1. The Hall–Kier alpha value is -2.78. The van der Waals surface area contributed by atoms with Crippen LogP contribution in [0.2, 0.25) is 0 Å². The molecule has 0 fully saturated rings. The van der Waals surface area contributed by atoms with E-state index in [0.717, 1.165) is 15.8 Å². The molecule has 7 nitrogen and oxygen atoms in total. The molecule has 2 aromatic carbocycles. The highest BCUT2D eigenvalue weighted by Gasteiger charge is 2.17. The molecule has 0 spiro atoms. The van der Waals surface area contributed by atoms with Gasteiger partial charge in [0.25, 0.3) is 0 Å². The van der Waals surface area contributed by atoms with Gasteiger partial charge in [-0.3, -0.25) is 4.79 Å². The quantitative estimate of drug-likeness (QED) is 0.503. The number of fused-ring (bicyclic) bond motifs is 1. The van der Waals surface area contributed by atoms with Gasteiger partial charge in [0.05, 0.1) is 33.0 Å². The number of benzene rings is 2. The van der Waals surface area contributed by atoms with Crippen LogP contribution in [0, 0.1) is 6.92 Å². The van der Waals surface area contributed by atoms with Gasteiger partial charge < -0.3 is 9.30 Å². The molecule has 0 aliphatic carbocycles. The lowest BCUT2D eigenvalue weighted by Crippen LogP contribution is -2.17. The Morgan fingerprint density at radius 3 is 2.45 bits per heavy atom. The Balaban J connectivity index is 1.84. The topological polar surface area (TPSA) is 94.8 Å². The Morgan fingerprint density at radius 2 is 1.81 bits per heavy atom. The minimum absolute atomic E-state index is 0.197. The molecule has 1 amide bonds. The maximum absolute atomic E-state index is 12.5. The first kappa shape index (κ1) is 22.9. The molecule has 164 valence electrons. The summed E-state index contributed by atoms with van der Waals surface area (Å²) in [6, 6.07) is 11.7. The van der Waals surface area contributed by atoms with E-state index in [2.05, 4.69) is 4.99 Å². The third-order valence-corrected chi connectivity index (χ3v) is 7.47. The fourth-order valence-electron chi connectivity index (χ4n) is 3.05. The summed E-state index contributed by atoms with van der Waals surface area (Å²) in [6.07, 6.45) is -0.206. The summed E-state index contributed by atoms with van der Waals surface area (Å²) in [5.74, 6) is -1.21. The lowest BCUT2D eigenvalue weighted by Gasteiger charge is -2.04. The van der Waals surface area contributed by atoms with E-state index in [0.29, 0.717) is 16.9 Å². The predicted molar refractivity (Wildman–Crippen MR) is 120 cm³/mol. The molecule has 0 bridgehead atoms. The van der Waals surface area contributed by atoms with Crippen molar-refractivity contribution in [3.63, 3.8) is 0 Å². The number of carbonyl (C=O) groups is 2. The Morgan fingerprint density at radius 1 is 1.10 bits per heavy atom. The lowest BCUT2D eigenvalue weighted by atomic mass is 10.2. The van der Waals surface area contributed by atoms with Crippen LogP contribution in [0.4, 0.5) is 0 Å². The number of sulfone groups is 1. The van der Waals surface area contributed by atoms with E-state index in [1.54, 1.807) is 49.4 Å². The van der Waals surface area contributed by atoms with Gasteiger partial charge in [-0.2, -0.15) is 4.99 Å². The number of hydrogen-bond donors (Lipinski definition) is 0. The maximum atomic E-state index is 12.5. The van der Waals surface area contributed by atoms with Crippen LogP contribution in [0.25, 0.3) is 10.2 Å². The molecule has 31 heavy (non-hydrogen) atoms. The van der Waals surface area contributed by atoms with E-state index in [1.807, 2.05) is 18.4 Å². The highest BCUT2D eigenvalue weighted by Crippen LogP contribution is 2.20. The van der Waals surface area contributed by atoms with Gasteiger partial charge in [0.2, 0.25) is 5.91 Å². The van der Waals surface area contributed by atoms with Crippen LogP contribution in [0.3, 0.4) is 0 Å². The number of nitrogens with zero attached hydrogens (tertiary/aromatic N) is 2. The summed E-state index contributed by atoms with van der Waals surface area (Å²) in [5, 5.41) is 0. The average molecular weight is 461 g/mol. The van der Waals surface area contributed by atoms with Gasteiger partial charge in [0.15, 0.2) is 14.6 Å². The summed E-state index contributed by atoms with van der Waals surface area (Å²) in [5.41, 5.74) is 2.24. The van der Waals surface area contributed by atoms with Crippen molar-refractivity contribution >= 4 is 43.3 Å². The second-order valence-corrected chi connectivity index (χ2v) is 10.0. The van der Waals surface area contributed by atoms with Crippen LogP contribution in [0.5, 0.6) is 0 Å². The van der Waals surface area contributed by atoms with Crippen molar-refractivity contribution < 1.29 is 22.7 Å². The summed E-state index contributed by atoms with van der Waals surface area (Å²) in [4.78, 5) is 29.2.